The van der Waals surface area contributed by atoms with Crippen LogP contribution in [0.5, 0.6) is 0 Å². The van der Waals surface area contributed by atoms with Crippen LogP contribution in [0, 0.1) is 5.92 Å². The Balaban J connectivity index is 2.84. The summed E-state index contributed by atoms with van der Waals surface area (Å²) < 4.78 is 25.9. The van der Waals surface area contributed by atoms with Gasteiger partial charge in [0.15, 0.2) is 0 Å². The molecule has 1 rings (SSSR count). The smallest absolute Gasteiger partial charge is 0.240 e. The number of sulfonamides is 1. The molecule has 0 aromatic heterocycles. The van der Waals surface area contributed by atoms with E-state index in [2.05, 4.69) is 30.8 Å². The molecular formula is C15H26N2O2S. The maximum Gasteiger partial charge on any atom is 0.240 e. The van der Waals surface area contributed by atoms with Gasteiger partial charge in [-0.05, 0) is 44.0 Å². The number of anilines is 1. The molecule has 0 aliphatic carbocycles. The number of hydrogen-bond acceptors (Lipinski definition) is 3. The molecule has 2 atom stereocenters. The minimum absolute atomic E-state index is 0.295. The monoisotopic (exact) mass is 298 g/mol. The molecule has 2 unspecified atom stereocenters. The van der Waals surface area contributed by atoms with Crippen LogP contribution in [0.4, 0.5) is 5.69 Å². The lowest BCUT2D eigenvalue weighted by atomic mass is 9.97. The Hall–Kier alpha value is -1.07. The topological polar surface area (TPSA) is 58.2 Å². The maximum absolute atomic E-state index is 11.8. The molecule has 0 aliphatic heterocycles. The van der Waals surface area contributed by atoms with Crippen LogP contribution in [-0.4, -0.2) is 21.5 Å². The van der Waals surface area contributed by atoms with Crippen LogP contribution in [-0.2, 0) is 10.0 Å². The molecule has 0 fully saturated rings. The summed E-state index contributed by atoms with van der Waals surface area (Å²) in [7, 11) is -1.96. The van der Waals surface area contributed by atoms with Gasteiger partial charge in [-0.2, -0.15) is 0 Å². The van der Waals surface area contributed by atoms with E-state index in [1.165, 1.54) is 7.05 Å². The van der Waals surface area contributed by atoms with Gasteiger partial charge in [0.05, 0.1) is 4.90 Å². The number of rotatable bonds is 8. The van der Waals surface area contributed by atoms with Crippen molar-refractivity contribution in [3.63, 3.8) is 0 Å². The van der Waals surface area contributed by atoms with Crippen LogP contribution in [0.2, 0.25) is 0 Å². The molecule has 114 valence electrons. The average Bonchev–Trinajstić information content (AvgIpc) is 2.46. The predicted molar refractivity (Wildman–Crippen MR) is 84.5 cm³/mol. The van der Waals surface area contributed by atoms with Crippen LogP contribution >= 0.6 is 0 Å². The predicted octanol–water partition coefficient (Wildman–Crippen LogP) is 3.22. The quantitative estimate of drug-likeness (QED) is 0.774. The summed E-state index contributed by atoms with van der Waals surface area (Å²) >= 11 is 0. The Morgan fingerprint density at radius 1 is 1.20 bits per heavy atom. The summed E-state index contributed by atoms with van der Waals surface area (Å²) in [5.74, 6) is 0.664. The first-order valence-electron chi connectivity index (χ1n) is 7.23. The first-order chi connectivity index (χ1) is 9.42. The third kappa shape index (κ3) is 4.80. The van der Waals surface area contributed by atoms with Crippen molar-refractivity contribution in [1.82, 2.24) is 4.72 Å². The van der Waals surface area contributed by atoms with Crippen molar-refractivity contribution in [3.05, 3.63) is 24.3 Å². The zero-order chi connectivity index (χ0) is 15.2. The van der Waals surface area contributed by atoms with Crippen LogP contribution in [0.3, 0.4) is 0 Å². The van der Waals surface area contributed by atoms with Gasteiger partial charge in [-0.15, -0.1) is 0 Å². The van der Waals surface area contributed by atoms with E-state index >= 15 is 0 Å². The lowest BCUT2D eigenvalue weighted by Crippen LogP contribution is -2.22. The second kappa shape index (κ2) is 7.64. The highest BCUT2D eigenvalue weighted by atomic mass is 32.2. The minimum atomic E-state index is -3.38. The van der Waals surface area contributed by atoms with E-state index in [1.807, 2.05) is 6.07 Å². The van der Waals surface area contributed by atoms with Gasteiger partial charge in [0.2, 0.25) is 10.0 Å². The lowest BCUT2D eigenvalue weighted by Gasteiger charge is -2.21. The first kappa shape index (κ1) is 17.0. The minimum Gasteiger partial charge on any atom is -0.382 e. The van der Waals surface area contributed by atoms with Crippen molar-refractivity contribution in [1.29, 1.82) is 0 Å². The second-order valence-corrected chi connectivity index (χ2v) is 7.12. The molecule has 2 N–H and O–H groups in total. The molecule has 0 amide bonds. The van der Waals surface area contributed by atoms with Gasteiger partial charge in [-0.1, -0.05) is 33.3 Å². The van der Waals surface area contributed by atoms with Crippen molar-refractivity contribution in [3.8, 4) is 0 Å². The molecule has 4 nitrogen and oxygen atoms in total. The molecule has 0 saturated heterocycles. The Morgan fingerprint density at radius 3 is 2.45 bits per heavy atom. The third-order valence-corrected chi connectivity index (χ3v) is 5.07. The molecule has 0 bridgehead atoms. The van der Waals surface area contributed by atoms with Gasteiger partial charge >= 0.3 is 0 Å². The van der Waals surface area contributed by atoms with Crippen molar-refractivity contribution < 1.29 is 8.42 Å². The Kier molecular flexibility index (Phi) is 6.49. The van der Waals surface area contributed by atoms with Crippen molar-refractivity contribution >= 4 is 15.7 Å². The molecule has 0 spiro atoms. The van der Waals surface area contributed by atoms with Crippen molar-refractivity contribution in [2.45, 2.75) is 51.0 Å². The van der Waals surface area contributed by atoms with Crippen LogP contribution in [0.1, 0.15) is 40.0 Å². The van der Waals surface area contributed by atoms with Crippen LogP contribution in [0.15, 0.2) is 29.2 Å². The van der Waals surface area contributed by atoms with Gasteiger partial charge in [0.25, 0.3) is 0 Å². The van der Waals surface area contributed by atoms with E-state index < -0.39 is 10.0 Å². The average molecular weight is 298 g/mol. The molecule has 1 aromatic rings. The molecular weight excluding hydrogens is 272 g/mol. The lowest BCUT2D eigenvalue weighted by molar-refractivity contribution is 0.462. The summed E-state index contributed by atoms with van der Waals surface area (Å²) in [6.45, 7) is 6.58. The van der Waals surface area contributed by atoms with Gasteiger partial charge in [0, 0.05) is 11.7 Å². The fourth-order valence-corrected chi connectivity index (χ4v) is 2.86. The molecule has 0 radical (unpaired) electrons. The third-order valence-electron chi connectivity index (χ3n) is 3.66. The second-order valence-electron chi connectivity index (χ2n) is 5.23. The zero-order valence-electron chi connectivity index (χ0n) is 12.8. The first-order valence-corrected chi connectivity index (χ1v) is 8.71. The molecule has 0 heterocycles. The van der Waals surface area contributed by atoms with E-state index in [4.69, 9.17) is 0 Å². The highest BCUT2D eigenvalue weighted by molar-refractivity contribution is 7.89. The van der Waals surface area contributed by atoms with E-state index in [-0.39, 0.29) is 0 Å². The standard InChI is InChI=1S/C15H26N2O2S/c1-5-12(3)10-13(6-2)17-14-8-7-9-15(11-14)20(18,19)16-4/h7-9,11-13,16-17H,5-6,10H2,1-4H3. The molecule has 20 heavy (non-hydrogen) atoms. The van der Waals surface area contributed by atoms with Gasteiger partial charge in [0.1, 0.15) is 0 Å². The largest absolute Gasteiger partial charge is 0.382 e. The molecule has 0 saturated carbocycles. The summed E-state index contributed by atoms with van der Waals surface area (Å²) in [6.07, 6.45) is 3.27. The van der Waals surface area contributed by atoms with E-state index in [1.54, 1.807) is 18.2 Å². The fraction of sp³-hybridized carbons (Fsp3) is 0.600. The van der Waals surface area contributed by atoms with E-state index in [9.17, 15) is 8.42 Å². The summed E-state index contributed by atoms with van der Waals surface area (Å²) in [4.78, 5) is 0.295. The van der Waals surface area contributed by atoms with Gasteiger partial charge in [-0.3, -0.25) is 0 Å². The SMILES string of the molecule is CCC(C)CC(CC)Nc1cccc(S(=O)(=O)NC)c1. The summed E-state index contributed by atoms with van der Waals surface area (Å²) in [6, 6.07) is 7.34. The van der Waals surface area contributed by atoms with Gasteiger partial charge in [-0.25, -0.2) is 13.1 Å². The zero-order valence-corrected chi connectivity index (χ0v) is 13.6. The van der Waals surface area contributed by atoms with E-state index in [0.29, 0.717) is 16.9 Å². The molecule has 0 aliphatic rings. The summed E-state index contributed by atoms with van der Waals surface area (Å²) in [5, 5.41) is 3.44. The Morgan fingerprint density at radius 2 is 1.90 bits per heavy atom. The highest BCUT2D eigenvalue weighted by Gasteiger charge is 2.14. The number of benzene rings is 1. The Bertz CT molecular complexity index is 514. The fourth-order valence-electron chi connectivity index (χ4n) is 2.09. The Labute approximate surface area is 123 Å². The molecule has 1 aromatic carbocycles. The van der Waals surface area contributed by atoms with Crippen molar-refractivity contribution in [2.24, 2.45) is 5.92 Å². The van der Waals surface area contributed by atoms with E-state index in [0.717, 1.165) is 24.9 Å². The number of nitrogens with one attached hydrogen (secondary N) is 2. The molecule has 5 heteroatoms. The summed E-state index contributed by atoms with van der Waals surface area (Å²) in [5.41, 5.74) is 0.858. The van der Waals surface area contributed by atoms with Crippen LogP contribution in [0.25, 0.3) is 0 Å². The number of hydrogen-bond donors (Lipinski definition) is 2. The maximum atomic E-state index is 11.8. The normalized spacial score (nSPS) is 14.8. The highest BCUT2D eigenvalue weighted by Crippen LogP contribution is 2.20. The van der Waals surface area contributed by atoms with Gasteiger partial charge < -0.3 is 5.32 Å². The van der Waals surface area contributed by atoms with Crippen LogP contribution < -0.4 is 10.0 Å². The van der Waals surface area contributed by atoms with Crippen molar-refractivity contribution in [2.75, 3.05) is 12.4 Å².